The summed E-state index contributed by atoms with van der Waals surface area (Å²) in [6.45, 7) is 6.92. The Balaban J connectivity index is 1.18. The molecule has 2 aliphatic rings. The van der Waals surface area contributed by atoms with Gasteiger partial charge >= 0.3 is 5.97 Å². The number of anilines is 1. The van der Waals surface area contributed by atoms with Crippen LogP contribution in [0, 0.1) is 11.3 Å². The van der Waals surface area contributed by atoms with Crippen molar-refractivity contribution in [3.8, 4) is 5.75 Å². The quantitative estimate of drug-likeness (QED) is 0.227. The number of esters is 1. The lowest BCUT2D eigenvalue weighted by Gasteiger charge is -2.34. The van der Waals surface area contributed by atoms with Gasteiger partial charge in [-0.05, 0) is 70.7 Å². The van der Waals surface area contributed by atoms with Crippen LogP contribution >= 0.6 is 11.3 Å². The average molecular weight is 511 g/mol. The molecular weight excluding hydrogens is 480 g/mol. The molecule has 4 aromatic rings. The molecule has 2 heterocycles. The Kier molecular flexibility index (Phi) is 5.80. The van der Waals surface area contributed by atoms with Gasteiger partial charge in [-0.1, -0.05) is 69.3 Å². The van der Waals surface area contributed by atoms with Crippen LogP contribution in [0.3, 0.4) is 0 Å². The van der Waals surface area contributed by atoms with Crippen molar-refractivity contribution in [2.24, 2.45) is 11.3 Å². The number of hydrogen-bond donors (Lipinski definition) is 2. The van der Waals surface area contributed by atoms with Crippen molar-refractivity contribution in [3.05, 3.63) is 93.9 Å². The molecule has 1 aliphatic carbocycles. The number of thiophene rings is 1. The highest BCUT2D eigenvalue weighted by Gasteiger charge is 2.36. The van der Waals surface area contributed by atoms with Gasteiger partial charge in [-0.3, -0.25) is 4.79 Å². The van der Waals surface area contributed by atoms with Crippen LogP contribution in [-0.4, -0.2) is 11.9 Å². The SMILES string of the molecule is CC(C)(C)[C@@H]1CCc2c(sc3c2C(=O)N[C@H](c2ccc(OC(=O)c4cccc5ccccc45)cc2)N3)C1. The van der Waals surface area contributed by atoms with E-state index >= 15 is 0 Å². The third kappa shape index (κ3) is 4.40. The van der Waals surface area contributed by atoms with E-state index in [9.17, 15) is 9.59 Å². The number of ether oxygens (including phenoxy) is 1. The van der Waals surface area contributed by atoms with E-state index in [1.165, 1.54) is 10.4 Å². The van der Waals surface area contributed by atoms with E-state index in [1.807, 2.05) is 48.5 Å². The van der Waals surface area contributed by atoms with Gasteiger partial charge in [0.1, 0.15) is 16.9 Å². The summed E-state index contributed by atoms with van der Waals surface area (Å²) in [4.78, 5) is 27.4. The number of carbonyl (C=O) groups excluding carboxylic acids is 2. The normalized spacial score (nSPS) is 18.9. The van der Waals surface area contributed by atoms with Crippen molar-refractivity contribution < 1.29 is 14.3 Å². The minimum atomic E-state index is -0.393. The van der Waals surface area contributed by atoms with E-state index in [0.29, 0.717) is 17.2 Å². The van der Waals surface area contributed by atoms with Crippen LogP contribution in [0.4, 0.5) is 5.00 Å². The van der Waals surface area contributed by atoms with Crippen molar-refractivity contribution in [3.63, 3.8) is 0 Å². The third-order valence-corrected chi connectivity index (χ3v) is 8.89. The second-order valence-electron chi connectivity index (χ2n) is 11.0. The van der Waals surface area contributed by atoms with Crippen LogP contribution < -0.4 is 15.4 Å². The molecule has 0 spiro atoms. The molecular formula is C31H30N2O3S. The molecule has 5 nitrogen and oxygen atoms in total. The van der Waals surface area contributed by atoms with Crippen molar-refractivity contribution >= 4 is 39.0 Å². The molecule has 37 heavy (non-hydrogen) atoms. The van der Waals surface area contributed by atoms with Gasteiger partial charge in [0.2, 0.25) is 0 Å². The molecule has 0 radical (unpaired) electrons. The van der Waals surface area contributed by atoms with Crippen molar-refractivity contribution in [1.82, 2.24) is 5.32 Å². The highest BCUT2D eigenvalue weighted by atomic mass is 32.1. The average Bonchev–Trinajstić information content (AvgIpc) is 3.26. The van der Waals surface area contributed by atoms with E-state index < -0.39 is 5.97 Å². The molecule has 0 saturated carbocycles. The van der Waals surface area contributed by atoms with Crippen LogP contribution in [0.15, 0.2) is 66.7 Å². The monoisotopic (exact) mass is 510 g/mol. The molecule has 2 N–H and O–H groups in total. The molecule has 1 amide bonds. The van der Waals surface area contributed by atoms with Crippen LogP contribution in [0.1, 0.15) is 70.1 Å². The summed E-state index contributed by atoms with van der Waals surface area (Å²) in [6.07, 6.45) is 2.78. The first kappa shape index (κ1) is 23.7. The summed E-state index contributed by atoms with van der Waals surface area (Å²) in [5.74, 6) is 0.681. The summed E-state index contributed by atoms with van der Waals surface area (Å²) < 4.78 is 5.68. The van der Waals surface area contributed by atoms with Crippen LogP contribution in [-0.2, 0) is 12.8 Å². The van der Waals surface area contributed by atoms with Crippen molar-refractivity contribution in [2.75, 3.05) is 5.32 Å². The lowest BCUT2D eigenvalue weighted by molar-refractivity contribution is 0.0736. The van der Waals surface area contributed by atoms with E-state index in [2.05, 4.69) is 31.4 Å². The number of carbonyl (C=O) groups is 2. The predicted molar refractivity (Wildman–Crippen MR) is 148 cm³/mol. The maximum atomic E-state index is 13.1. The first-order valence-electron chi connectivity index (χ1n) is 12.8. The zero-order valence-electron chi connectivity index (χ0n) is 21.3. The first-order chi connectivity index (χ1) is 17.8. The van der Waals surface area contributed by atoms with Crippen LogP contribution in [0.5, 0.6) is 5.75 Å². The Morgan fingerprint density at radius 3 is 2.51 bits per heavy atom. The second kappa shape index (κ2) is 9.03. The summed E-state index contributed by atoms with van der Waals surface area (Å²) in [5, 5.41) is 9.48. The first-order valence-corrected chi connectivity index (χ1v) is 13.6. The third-order valence-electron chi connectivity index (χ3n) is 7.70. The Morgan fingerprint density at radius 2 is 1.73 bits per heavy atom. The molecule has 6 rings (SSSR count). The summed E-state index contributed by atoms with van der Waals surface area (Å²) in [6, 6.07) is 20.7. The summed E-state index contributed by atoms with van der Waals surface area (Å²) >= 11 is 1.73. The number of rotatable bonds is 3. The zero-order chi connectivity index (χ0) is 25.7. The fourth-order valence-corrected chi connectivity index (χ4v) is 6.85. The largest absolute Gasteiger partial charge is 0.423 e. The van der Waals surface area contributed by atoms with Crippen LogP contribution in [0.2, 0.25) is 0 Å². The standard InChI is InChI=1S/C31H30N2O3S/c1-31(2,3)20-13-16-24-25(17-20)37-29-26(24)28(34)32-27(33-29)19-11-14-21(15-12-19)36-30(35)23-10-6-8-18-7-4-5-9-22(18)23/h4-12,14-15,20,27,33H,13,16-17H2,1-3H3,(H,32,34)/t20-,27+/m1/s1. The van der Waals surface area contributed by atoms with Gasteiger partial charge in [-0.15, -0.1) is 11.3 Å². The number of amides is 1. The van der Waals surface area contributed by atoms with Gasteiger partial charge in [-0.25, -0.2) is 4.79 Å². The maximum Gasteiger partial charge on any atom is 0.344 e. The number of nitrogens with one attached hydrogen (secondary N) is 2. The fourth-order valence-electron chi connectivity index (χ4n) is 5.50. The topological polar surface area (TPSA) is 67.4 Å². The van der Waals surface area contributed by atoms with E-state index in [0.717, 1.165) is 46.2 Å². The van der Waals surface area contributed by atoms with Crippen molar-refractivity contribution in [2.45, 2.75) is 46.2 Å². The predicted octanol–water partition coefficient (Wildman–Crippen LogP) is 7.13. The molecule has 1 aliphatic heterocycles. The second-order valence-corrected chi connectivity index (χ2v) is 12.2. The lowest BCUT2D eigenvalue weighted by atomic mass is 9.72. The molecule has 0 bridgehead atoms. The molecule has 0 fully saturated rings. The Morgan fingerprint density at radius 1 is 0.973 bits per heavy atom. The molecule has 3 aromatic carbocycles. The van der Waals surface area contributed by atoms with E-state index in [4.69, 9.17) is 4.74 Å². The van der Waals surface area contributed by atoms with Crippen LogP contribution in [0.25, 0.3) is 10.8 Å². The number of hydrogen-bond acceptors (Lipinski definition) is 5. The Labute approximate surface area is 220 Å². The van der Waals surface area contributed by atoms with E-state index in [1.54, 1.807) is 29.5 Å². The fraction of sp³-hybridized carbons (Fsp3) is 0.290. The Bertz CT molecular complexity index is 1510. The lowest BCUT2D eigenvalue weighted by Crippen LogP contribution is -2.38. The maximum absolute atomic E-state index is 13.1. The van der Waals surface area contributed by atoms with Gasteiger partial charge in [-0.2, -0.15) is 0 Å². The van der Waals surface area contributed by atoms with Gasteiger partial charge in [0.25, 0.3) is 5.91 Å². The molecule has 0 unspecified atom stereocenters. The number of fused-ring (bicyclic) bond motifs is 4. The summed E-state index contributed by atoms with van der Waals surface area (Å²) in [7, 11) is 0. The molecule has 0 saturated heterocycles. The highest BCUT2D eigenvalue weighted by molar-refractivity contribution is 7.16. The van der Waals surface area contributed by atoms with Gasteiger partial charge in [0.05, 0.1) is 11.1 Å². The minimum Gasteiger partial charge on any atom is -0.423 e. The Hall–Kier alpha value is -3.64. The van der Waals surface area contributed by atoms with Gasteiger partial charge < -0.3 is 15.4 Å². The zero-order valence-corrected chi connectivity index (χ0v) is 22.1. The van der Waals surface area contributed by atoms with Gasteiger partial charge in [0.15, 0.2) is 0 Å². The smallest absolute Gasteiger partial charge is 0.344 e. The molecule has 1 aromatic heterocycles. The molecule has 188 valence electrons. The molecule has 6 heteroatoms. The van der Waals surface area contributed by atoms with Crippen molar-refractivity contribution in [1.29, 1.82) is 0 Å². The molecule has 2 atom stereocenters. The highest BCUT2D eigenvalue weighted by Crippen LogP contribution is 2.46. The van der Waals surface area contributed by atoms with E-state index in [-0.39, 0.29) is 17.5 Å². The summed E-state index contributed by atoms with van der Waals surface area (Å²) in [5.41, 5.74) is 3.75. The van der Waals surface area contributed by atoms with Gasteiger partial charge in [0, 0.05) is 4.88 Å². The number of benzene rings is 3. The minimum absolute atomic E-state index is 0.0167.